The number of hydrogen-bond donors (Lipinski definition) is 0. The first-order valence-electron chi connectivity index (χ1n) is 7.47. The van der Waals surface area contributed by atoms with E-state index in [2.05, 4.69) is 31.2 Å². The van der Waals surface area contributed by atoms with Crippen LogP contribution in [-0.4, -0.2) is 16.3 Å². The maximum Gasteiger partial charge on any atom is 0.152 e. The Balaban J connectivity index is 1.62. The van der Waals surface area contributed by atoms with Crippen LogP contribution in [0.1, 0.15) is 43.2 Å². The SMILES string of the molecule is CC1(C(=O)C2C3CCc4ccccc4C32)CCCS1. The Bertz CT molecular complexity index is 530. The van der Waals surface area contributed by atoms with Crippen molar-refractivity contribution in [2.75, 3.05) is 5.75 Å². The summed E-state index contributed by atoms with van der Waals surface area (Å²) in [6, 6.07) is 8.76. The lowest BCUT2D eigenvalue weighted by Crippen LogP contribution is -2.31. The molecule has 3 aliphatic rings. The van der Waals surface area contributed by atoms with Crippen LogP contribution in [0.3, 0.4) is 0 Å². The van der Waals surface area contributed by atoms with Crippen LogP contribution in [-0.2, 0) is 11.2 Å². The highest BCUT2D eigenvalue weighted by atomic mass is 32.2. The zero-order valence-electron chi connectivity index (χ0n) is 11.4. The molecule has 2 aliphatic carbocycles. The molecular weight excluding hydrogens is 252 g/mol. The van der Waals surface area contributed by atoms with Gasteiger partial charge in [0.15, 0.2) is 5.78 Å². The Morgan fingerprint density at radius 2 is 2.21 bits per heavy atom. The summed E-state index contributed by atoms with van der Waals surface area (Å²) < 4.78 is -0.0725. The number of aryl methyl sites for hydroxylation is 1. The summed E-state index contributed by atoms with van der Waals surface area (Å²) in [5.74, 6) is 3.26. The van der Waals surface area contributed by atoms with Crippen LogP contribution in [0.2, 0.25) is 0 Å². The first-order chi connectivity index (χ1) is 9.21. The van der Waals surface area contributed by atoms with Gasteiger partial charge in [0.05, 0.1) is 4.75 Å². The molecule has 4 atom stereocenters. The van der Waals surface area contributed by atoms with Crippen molar-refractivity contribution in [1.82, 2.24) is 0 Å². The van der Waals surface area contributed by atoms with Gasteiger partial charge in [-0.05, 0) is 61.3 Å². The van der Waals surface area contributed by atoms with Crippen LogP contribution in [0, 0.1) is 11.8 Å². The fourth-order valence-corrected chi connectivity index (χ4v) is 5.56. The maximum atomic E-state index is 12.9. The molecule has 100 valence electrons. The van der Waals surface area contributed by atoms with Gasteiger partial charge in [-0.1, -0.05) is 24.3 Å². The molecular formula is C17H20OS. The number of fused-ring (bicyclic) bond motifs is 3. The quantitative estimate of drug-likeness (QED) is 0.814. The lowest BCUT2D eigenvalue weighted by atomic mass is 9.92. The standard InChI is InChI=1S/C17H20OS/c1-17(9-4-10-19-17)16(18)15-13-8-7-11-5-2-3-6-12(11)14(13)15/h2-3,5-6,13-15H,4,7-10H2,1H3. The van der Waals surface area contributed by atoms with E-state index in [9.17, 15) is 4.79 Å². The number of carbonyl (C=O) groups is 1. The number of hydrogen-bond acceptors (Lipinski definition) is 2. The van der Waals surface area contributed by atoms with E-state index in [1.165, 1.54) is 36.1 Å². The Kier molecular flexibility index (Phi) is 2.60. The number of ketones is 1. The molecule has 2 fully saturated rings. The Morgan fingerprint density at radius 1 is 1.37 bits per heavy atom. The molecule has 1 heterocycles. The molecule has 1 saturated heterocycles. The number of carbonyl (C=O) groups excluding carboxylic acids is 1. The van der Waals surface area contributed by atoms with Gasteiger partial charge in [-0.2, -0.15) is 0 Å². The number of thioether (sulfide) groups is 1. The molecule has 0 amide bonds. The molecule has 0 radical (unpaired) electrons. The van der Waals surface area contributed by atoms with E-state index >= 15 is 0 Å². The van der Waals surface area contributed by atoms with E-state index in [4.69, 9.17) is 0 Å². The Morgan fingerprint density at radius 3 is 3.00 bits per heavy atom. The van der Waals surface area contributed by atoms with Crippen molar-refractivity contribution < 1.29 is 4.79 Å². The monoisotopic (exact) mass is 272 g/mol. The summed E-state index contributed by atoms with van der Waals surface area (Å²) in [6.45, 7) is 2.18. The van der Waals surface area contributed by atoms with E-state index in [0.29, 0.717) is 23.5 Å². The summed E-state index contributed by atoms with van der Waals surface area (Å²) in [6.07, 6.45) is 4.70. The minimum Gasteiger partial charge on any atom is -0.298 e. The number of Topliss-reactive ketones (excluding diaryl/α,β-unsaturated/α-hetero) is 1. The van der Waals surface area contributed by atoms with Crippen LogP contribution >= 0.6 is 11.8 Å². The molecule has 0 N–H and O–H groups in total. The van der Waals surface area contributed by atoms with Crippen LogP contribution in [0.25, 0.3) is 0 Å². The lowest BCUT2D eigenvalue weighted by Gasteiger charge is -2.21. The van der Waals surface area contributed by atoms with E-state index in [-0.39, 0.29) is 4.75 Å². The second-order valence-electron chi connectivity index (χ2n) is 6.50. The highest BCUT2D eigenvalue weighted by Gasteiger charge is 2.60. The molecule has 1 aromatic carbocycles. The van der Waals surface area contributed by atoms with Crippen molar-refractivity contribution in [3.8, 4) is 0 Å². The van der Waals surface area contributed by atoms with Crippen LogP contribution in [0.15, 0.2) is 24.3 Å². The number of benzene rings is 1. The summed E-state index contributed by atoms with van der Waals surface area (Å²) in [5, 5.41) is 0. The molecule has 4 unspecified atom stereocenters. The van der Waals surface area contributed by atoms with Crippen LogP contribution < -0.4 is 0 Å². The van der Waals surface area contributed by atoms with Gasteiger partial charge in [0.2, 0.25) is 0 Å². The zero-order valence-corrected chi connectivity index (χ0v) is 12.2. The molecule has 0 bridgehead atoms. The molecule has 1 saturated carbocycles. The minimum atomic E-state index is -0.0725. The van der Waals surface area contributed by atoms with Gasteiger partial charge in [0.25, 0.3) is 0 Å². The third kappa shape index (κ3) is 1.72. The molecule has 1 aromatic rings. The highest BCUT2D eigenvalue weighted by molar-refractivity contribution is 8.01. The molecule has 4 rings (SSSR count). The smallest absolute Gasteiger partial charge is 0.152 e. The number of rotatable bonds is 2. The second-order valence-corrected chi connectivity index (χ2v) is 8.10. The minimum absolute atomic E-state index is 0.0725. The van der Waals surface area contributed by atoms with Gasteiger partial charge in [-0.25, -0.2) is 0 Å². The van der Waals surface area contributed by atoms with E-state index in [0.717, 1.165) is 6.42 Å². The molecule has 2 heteroatoms. The molecule has 0 spiro atoms. The summed E-state index contributed by atoms with van der Waals surface area (Å²) in [7, 11) is 0. The second kappa shape index (κ2) is 4.12. The van der Waals surface area contributed by atoms with Crippen LogP contribution in [0.4, 0.5) is 0 Å². The van der Waals surface area contributed by atoms with Crippen molar-refractivity contribution in [2.24, 2.45) is 11.8 Å². The highest BCUT2D eigenvalue weighted by Crippen LogP contribution is 2.62. The van der Waals surface area contributed by atoms with Gasteiger partial charge in [0, 0.05) is 5.92 Å². The Labute approximate surface area is 119 Å². The summed E-state index contributed by atoms with van der Waals surface area (Å²) in [5.41, 5.74) is 2.96. The first-order valence-corrected chi connectivity index (χ1v) is 8.45. The van der Waals surface area contributed by atoms with Crippen LogP contribution in [0.5, 0.6) is 0 Å². The summed E-state index contributed by atoms with van der Waals surface area (Å²) in [4.78, 5) is 12.9. The van der Waals surface area contributed by atoms with Crippen molar-refractivity contribution in [2.45, 2.75) is 43.3 Å². The predicted molar refractivity (Wildman–Crippen MR) is 79.6 cm³/mol. The van der Waals surface area contributed by atoms with Crippen molar-refractivity contribution in [3.05, 3.63) is 35.4 Å². The third-order valence-electron chi connectivity index (χ3n) is 5.37. The molecule has 19 heavy (non-hydrogen) atoms. The fraction of sp³-hybridized carbons (Fsp3) is 0.588. The van der Waals surface area contributed by atoms with Gasteiger partial charge in [-0.3, -0.25) is 4.79 Å². The Hall–Kier alpha value is -0.760. The molecule has 0 aromatic heterocycles. The average Bonchev–Trinajstić information content (AvgIpc) is 3.02. The topological polar surface area (TPSA) is 17.1 Å². The van der Waals surface area contributed by atoms with Crippen molar-refractivity contribution in [3.63, 3.8) is 0 Å². The predicted octanol–water partition coefficient (Wildman–Crippen LogP) is 3.82. The molecule has 1 nitrogen and oxygen atoms in total. The van der Waals surface area contributed by atoms with Gasteiger partial charge in [0.1, 0.15) is 0 Å². The van der Waals surface area contributed by atoms with Gasteiger partial charge >= 0.3 is 0 Å². The lowest BCUT2D eigenvalue weighted by molar-refractivity contribution is -0.122. The molecule has 1 aliphatic heterocycles. The average molecular weight is 272 g/mol. The largest absolute Gasteiger partial charge is 0.298 e. The van der Waals surface area contributed by atoms with Crippen molar-refractivity contribution >= 4 is 17.5 Å². The van der Waals surface area contributed by atoms with E-state index in [1.807, 2.05) is 11.8 Å². The third-order valence-corrected chi connectivity index (χ3v) is 6.91. The van der Waals surface area contributed by atoms with E-state index < -0.39 is 0 Å². The summed E-state index contributed by atoms with van der Waals surface area (Å²) >= 11 is 1.90. The first kappa shape index (κ1) is 12.0. The van der Waals surface area contributed by atoms with Gasteiger partial charge < -0.3 is 0 Å². The normalized spacial score (nSPS) is 39.5. The van der Waals surface area contributed by atoms with E-state index in [1.54, 1.807) is 0 Å². The van der Waals surface area contributed by atoms with Gasteiger partial charge in [-0.15, -0.1) is 11.8 Å². The zero-order chi connectivity index (χ0) is 13.0. The van der Waals surface area contributed by atoms with Crippen molar-refractivity contribution in [1.29, 1.82) is 0 Å². The maximum absolute atomic E-state index is 12.9. The fourth-order valence-electron chi connectivity index (χ4n) is 4.25.